The first-order chi connectivity index (χ1) is 20.5. The number of aryl methyl sites for hydroxylation is 1. The Hall–Kier alpha value is -3.35. The molecule has 3 rings (SSSR count). The van der Waals surface area contributed by atoms with Crippen molar-refractivity contribution in [3.63, 3.8) is 0 Å². The van der Waals surface area contributed by atoms with Crippen LogP contribution < -0.4 is 5.73 Å². The number of Topliss-reactive ketones (excluding diaryl/α,β-unsaturated/α-hetero) is 2. The maximum atomic E-state index is 12.5. The van der Waals surface area contributed by atoms with E-state index >= 15 is 0 Å². The van der Waals surface area contributed by atoms with Crippen LogP contribution in [-0.2, 0) is 30.4 Å². The number of likely N-dealkylation sites (tertiary alicyclic amines) is 2. The van der Waals surface area contributed by atoms with Crippen molar-refractivity contribution in [1.82, 2.24) is 19.9 Å². The van der Waals surface area contributed by atoms with Gasteiger partial charge in [0.25, 0.3) is 11.8 Å². The summed E-state index contributed by atoms with van der Waals surface area (Å²) >= 11 is 5.43. The molecule has 0 radical (unpaired) electrons. The van der Waals surface area contributed by atoms with Gasteiger partial charge >= 0.3 is 0 Å². The van der Waals surface area contributed by atoms with E-state index in [0.717, 1.165) is 12.8 Å². The van der Waals surface area contributed by atoms with Crippen molar-refractivity contribution in [2.75, 3.05) is 13.1 Å². The van der Waals surface area contributed by atoms with Gasteiger partial charge in [-0.1, -0.05) is 65.7 Å². The summed E-state index contributed by atoms with van der Waals surface area (Å²) in [6.07, 6.45) is 5.39. The minimum Gasteiger partial charge on any atom is -0.409 e. The maximum Gasteiger partial charge on any atom is 0.291 e. The SMILES string of the molecule is CC/C(N)=N/O.CCC(C)(C)C(=O)C(=O)N1CCC[C@H]1C(=O)Cl.CCc1nc([C@@H]2CCCN2C(=O)C(=O)C(C)(C)CC)no1. The number of amides is 2. The van der Waals surface area contributed by atoms with Gasteiger partial charge in [-0.25, -0.2) is 0 Å². The number of amidine groups is 1. The zero-order valence-corrected chi connectivity index (χ0v) is 28.1. The number of ketones is 2. The minimum atomic E-state index is -0.681. The second-order valence-corrected chi connectivity index (χ2v) is 12.5. The van der Waals surface area contributed by atoms with Gasteiger partial charge in [-0.3, -0.25) is 24.0 Å². The molecule has 1 aromatic rings. The quantitative estimate of drug-likeness (QED) is 0.0936. The third-order valence-electron chi connectivity index (χ3n) is 8.25. The van der Waals surface area contributed by atoms with Crippen molar-refractivity contribution in [3.05, 3.63) is 11.7 Å². The molecule has 0 bridgehead atoms. The molecule has 0 spiro atoms. The summed E-state index contributed by atoms with van der Waals surface area (Å²) in [7, 11) is 0. The van der Waals surface area contributed by atoms with Gasteiger partial charge in [0, 0.05) is 36.8 Å². The smallest absolute Gasteiger partial charge is 0.291 e. The Labute approximate surface area is 264 Å². The van der Waals surface area contributed by atoms with Crippen molar-refractivity contribution < 1.29 is 33.7 Å². The molecular formula is C30H49ClN6O7. The third kappa shape index (κ3) is 10.1. The van der Waals surface area contributed by atoms with Crippen molar-refractivity contribution in [3.8, 4) is 0 Å². The monoisotopic (exact) mass is 640 g/mol. The van der Waals surface area contributed by atoms with Gasteiger partial charge in [-0.05, 0) is 50.1 Å². The number of hydrogen-bond acceptors (Lipinski definition) is 10. The van der Waals surface area contributed by atoms with Crippen molar-refractivity contribution in [2.24, 2.45) is 21.7 Å². The normalized spacial score (nSPS) is 18.6. The second-order valence-electron chi connectivity index (χ2n) is 12.1. The fraction of sp³-hybridized carbons (Fsp3) is 0.733. The first-order valence-corrected chi connectivity index (χ1v) is 15.6. The van der Waals surface area contributed by atoms with Gasteiger partial charge in [0.05, 0.1) is 6.04 Å². The van der Waals surface area contributed by atoms with Crippen molar-refractivity contribution in [2.45, 2.75) is 119 Å². The molecule has 14 heteroatoms. The summed E-state index contributed by atoms with van der Waals surface area (Å²) in [6, 6.07) is -0.862. The molecule has 0 saturated carbocycles. The van der Waals surface area contributed by atoms with E-state index in [1.165, 1.54) is 4.90 Å². The summed E-state index contributed by atoms with van der Waals surface area (Å²) in [6.45, 7) is 15.6. The first-order valence-electron chi connectivity index (χ1n) is 15.2. The Morgan fingerprint density at radius 1 is 0.932 bits per heavy atom. The molecule has 44 heavy (non-hydrogen) atoms. The van der Waals surface area contributed by atoms with E-state index in [-0.39, 0.29) is 17.7 Å². The van der Waals surface area contributed by atoms with Crippen LogP contribution in [-0.4, -0.2) is 78.7 Å². The summed E-state index contributed by atoms with van der Waals surface area (Å²) in [5, 5.41) is 13.9. The molecule has 2 atom stereocenters. The lowest BCUT2D eigenvalue weighted by Crippen LogP contribution is -2.46. The molecule has 2 aliphatic heterocycles. The Morgan fingerprint density at radius 3 is 1.84 bits per heavy atom. The largest absolute Gasteiger partial charge is 0.409 e. The van der Waals surface area contributed by atoms with E-state index in [9.17, 15) is 24.0 Å². The van der Waals surface area contributed by atoms with Crippen LogP contribution in [0.25, 0.3) is 0 Å². The molecule has 3 N–H and O–H groups in total. The zero-order valence-electron chi connectivity index (χ0n) is 27.3. The summed E-state index contributed by atoms with van der Waals surface area (Å²) < 4.78 is 5.12. The zero-order chi connectivity index (χ0) is 33.8. The topological polar surface area (TPSA) is 189 Å². The lowest BCUT2D eigenvalue weighted by molar-refractivity contribution is -0.150. The molecule has 2 aliphatic rings. The first kappa shape index (κ1) is 38.7. The van der Waals surface area contributed by atoms with E-state index in [0.29, 0.717) is 63.3 Å². The summed E-state index contributed by atoms with van der Waals surface area (Å²) in [5.74, 6) is -0.430. The van der Waals surface area contributed by atoms with Gasteiger partial charge in [-0.2, -0.15) is 4.98 Å². The number of carbonyl (C=O) groups excluding carboxylic acids is 5. The van der Waals surface area contributed by atoms with Crippen LogP contribution >= 0.6 is 11.6 Å². The molecule has 2 fully saturated rings. The highest BCUT2D eigenvalue weighted by Crippen LogP contribution is 2.32. The average Bonchev–Trinajstić information content (AvgIpc) is 3.80. The number of hydrogen-bond donors (Lipinski definition) is 2. The van der Waals surface area contributed by atoms with Crippen LogP contribution in [0.1, 0.15) is 118 Å². The standard InChI is InChI=1S/C15H23N3O3.C12H18ClNO3.C3H8N2O/c1-5-11-16-13(17-21-11)10-8-7-9-18(10)14(20)12(19)15(3,4)6-2;1-4-12(2,3)9(15)11(17)14-7-5-6-8(14)10(13)16;1-2-3(4)5-6/h10H,5-9H2,1-4H3;8H,4-7H2,1-3H3;6H,2H2,1H3,(H2,4,5)/t10-;8-;/m00./s1. The number of oxime groups is 1. The number of rotatable bonds is 10. The predicted octanol–water partition coefficient (Wildman–Crippen LogP) is 4.19. The maximum absolute atomic E-state index is 12.5. The second kappa shape index (κ2) is 17.2. The predicted molar refractivity (Wildman–Crippen MR) is 165 cm³/mol. The van der Waals surface area contributed by atoms with Crippen LogP contribution in [0.3, 0.4) is 0 Å². The number of carbonyl (C=O) groups is 5. The number of halogens is 1. The fourth-order valence-corrected chi connectivity index (χ4v) is 4.53. The Morgan fingerprint density at radius 2 is 1.43 bits per heavy atom. The Kier molecular flexibility index (Phi) is 15.1. The van der Waals surface area contributed by atoms with E-state index < -0.39 is 39.7 Å². The molecule has 2 amide bonds. The van der Waals surface area contributed by atoms with E-state index in [4.69, 9.17) is 27.1 Å². The van der Waals surface area contributed by atoms with Gasteiger partial charge < -0.3 is 25.3 Å². The highest BCUT2D eigenvalue weighted by atomic mass is 35.5. The van der Waals surface area contributed by atoms with Crippen LogP contribution in [0.15, 0.2) is 9.68 Å². The van der Waals surface area contributed by atoms with Gasteiger partial charge in [-0.15, -0.1) is 0 Å². The molecule has 3 heterocycles. The molecule has 248 valence electrons. The third-order valence-corrected chi connectivity index (χ3v) is 8.50. The number of nitrogens with two attached hydrogens (primary N) is 1. The highest BCUT2D eigenvalue weighted by Gasteiger charge is 2.41. The van der Waals surface area contributed by atoms with Gasteiger partial charge in [0.2, 0.25) is 22.7 Å². The van der Waals surface area contributed by atoms with Crippen LogP contribution in [0, 0.1) is 10.8 Å². The molecule has 13 nitrogen and oxygen atoms in total. The van der Waals surface area contributed by atoms with E-state index in [1.54, 1.807) is 18.7 Å². The molecule has 2 saturated heterocycles. The van der Waals surface area contributed by atoms with Gasteiger partial charge in [0.15, 0.2) is 5.82 Å². The minimum absolute atomic E-state index is 0.238. The van der Waals surface area contributed by atoms with Crippen LogP contribution in [0.4, 0.5) is 0 Å². The lowest BCUT2D eigenvalue weighted by Gasteiger charge is -2.26. The highest BCUT2D eigenvalue weighted by molar-refractivity contribution is 6.65. The molecule has 0 unspecified atom stereocenters. The molecule has 0 aromatic carbocycles. The van der Waals surface area contributed by atoms with E-state index in [2.05, 4.69) is 15.3 Å². The van der Waals surface area contributed by atoms with E-state index in [1.807, 2.05) is 41.5 Å². The molecule has 1 aromatic heterocycles. The average molecular weight is 641 g/mol. The number of aromatic nitrogens is 2. The summed E-state index contributed by atoms with van der Waals surface area (Å²) in [5.41, 5.74) is 3.66. The Bertz CT molecular complexity index is 1200. The van der Waals surface area contributed by atoms with Crippen LogP contribution in [0.2, 0.25) is 0 Å². The van der Waals surface area contributed by atoms with Gasteiger partial charge in [0.1, 0.15) is 11.9 Å². The number of nitrogens with zero attached hydrogens (tertiary/aromatic N) is 5. The van der Waals surface area contributed by atoms with Crippen molar-refractivity contribution >= 4 is 46.1 Å². The fourth-order valence-electron chi connectivity index (χ4n) is 4.30. The molecule has 0 aliphatic carbocycles. The lowest BCUT2D eigenvalue weighted by atomic mass is 9.84. The van der Waals surface area contributed by atoms with Crippen LogP contribution in [0.5, 0.6) is 0 Å². The summed E-state index contributed by atoms with van der Waals surface area (Å²) in [4.78, 5) is 67.3. The Balaban J connectivity index is 0.000000378. The molecular weight excluding hydrogens is 592 g/mol. The van der Waals surface area contributed by atoms with Crippen molar-refractivity contribution in [1.29, 1.82) is 0 Å².